The number of amides is 1. The van der Waals surface area contributed by atoms with Crippen molar-refractivity contribution in [3.63, 3.8) is 0 Å². The average molecular weight is 397 g/mol. The molecule has 0 aliphatic heterocycles. The van der Waals surface area contributed by atoms with Crippen molar-refractivity contribution in [1.29, 1.82) is 0 Å². The van der Waals surface area contributed by atoms with Crippen LogP contribution in [-0.2, 0) is 0 Å². The molecule has 6 heteroatoms. The lowest BCUT2D eigenvalue weighted by molar-refractivity contribution is 0.102. The second-order valence-corrected chi connectivity index (χ2v) is 6.51. The van der Waals surface area contributed by atoms with Crippen LogP contribution in [0.5, 0.6) is 11.5 Å². The first kappa shape index (κ1) is 19.6. The van der Waals surface area contributed by atoms with Gasteiger partial charge in [0.2, 0.25) is 0 Å². The smallest absolute Gasteiger partial charge is 0.257 e. The molecule has 1 amide bonds. The van der Waals surface area contributed by atoms with Gasteiger partial charge in [0.1, 0.15) is 11.5 Å². The molecule has 0 aromatic heterocycles. The van der Waals surface area contributed by atoms with E-state index in [1.54, 1.807) is 38.5 Å². The van der Waals surface area contributed by atoms with Gasteiger partial charge in [-0.1, -0.05) is 29.8 Å². The Morgan fingerprint density at radius 1 is 0.893 bits per heavy atom. The van der Waals surface area contributed by atoms with Crippen LogP contribution in [0, 0.1) is 6.92 Å². The molecule has 3 aromatic carbocycles. The molecule has 3 rings (SSSR count). The summed E-state index contributed by atoms with van der Waals surface area (Å²) in [5.74, 6) is 0.906. The van der Waals surface area contributed by atoms with E-state index < -0.39 is 0 Å². The maximum absolute atomic E-state index is 12.9. The molecule has 0 heterocycles. The first-order chi connectivity index (χ1) is 13.5. The van der Waals surface area contributed by atoms with Crippen molar-refractivity contribution in [1.82, 2.24) is 0 Å². The molecule has 0 bridgehead atoms. The van der Waals surface area contributed by atoms with Crippen LogP contribution in [0.1, 0.15) is 15.9 Å². The normalized spacial score (nSPS) is 10.3. The Morgan fingerprint density at radius 2 is 1.64 bits per heavy atom. The molecule has 3 aromatic rings. The van der Waals surface area contributed by atoms with Crippen LogP contribution < -0.4 is 20.1 Å². The number of halogens is 1. The summed E-state index contributed by atoms with van der Waals surface area (Å²) in [5.41, 5.74) is 3.49. The van der Waals surface area contributed by atoms with Crippen LogP contribution in [0.15, 0.2) is 60.7 Å². The number of para-hydroxylation sites is 1. The topological polar surface area (TPSA) is 59.6 Å². The first-order valence-corrected chi connectivity index (χ1v) is 9.06. The van der Waals surface area contributed by atoms with Gasteiger partial charge in [-0.2, -0.15) is 0 Å². The fourth-order valence-electron chi connectivity index (χ4n) is 2.77. The summed E-state index contributed by atoms with van der Waals surface area (Å²) in [6.45, 7) is 1.93. The largest absolute Gasteiger partial charge is 0.497 e. The maximum atomic E-state index is 12.9. The standard InChI is InChI=1S/C22H21ClN2O3/c1-14-17(23)8-6-10-18(14)24-19-9-5-4-7-16(19)22(26)25-20-12-11-15(27-2)13-21(20)28-3/h4-13,24H,1-3H3,(H,25,26). The van der Waals surface area contributed by atoms with Crippen molar-refractivity contribution in [2.75, 3.05) is 24.9 Å². The minimum absolute atomic E-state index is 0.258. The minimum atomic E-state index is -0.258. The van der Waals surface area contributed by atoms with Crippen molar-refractivity contribution in [2.24, 2.45) is 0 Å². The number of ether oxygens (including phenoxy) is 2. The number of benzene rings is 3. The van der Waals surface area contributed by atoms with Crippen molar-refractivity contribution >= 4 is 34.6 Å². The zero-order valence-electron chi connectivity index (χ0n) is 15.9. The van der Waals surface area contributed by atoms with E-state index in [2.05, 4.69) is 10.6 Å². The second kappa shape index (κ2) is 8.67. The number of hydrogen-bond acceptors (Lipinski definition) is 4. The summed E-state index contributed by atoms with van der Waals surface area (Å²) in [4.78, 5) is 12.9. The monoisotopic (exact) mass is 396 g/mol. The lowest BCUT2D eigenvalue weighted by atomic mass is 10.1. The predicted octanol–water partition coefficient (Wildman–Crippen LogP) is 5.66. The highest BCUT2D eigenvalue weighted by Crippen LogP contribution is 2.31. The van der Waals surface area contributed by atoms with Crippen LogP contribution in [-0.4, -0.2) is 20.1 Å². The highest BCUT2D eigenvalue weighted by atomic mass is 35.5. The Labute approximate surface area is 169 Å². The SMILES string of the molecule is COc1ccc(NC(=O)c2ccccc2Nc2cccc(Cl)c2C)c(OC)c1. The molecule has 0 aliphatic rings. The van der Waals surface area contributed by atoms with Gasteiger partial charge in [0, 0.05) is 16.8 Å². The van der Waals surface area contributed by atoms with Gasteiger partial charge in [-0.05, 0) is 48.9 Å². The fraction of sp³-hybridized carbons (Fsp3) is 0.136. The third-order valence-corrected chi connectivity index (χ3v) is 4.78. The average Bonchev–Trinajstić information content (AvgIpc) is 2.72. The maximum Gasteiger partial charge on any atom is 0.257 e. The Kier molecular flexibility index (Phi) is 6.06. The van der Waals surface area contributed by atoms with Crippen LogP contribution >= 0.6 is 11.6 Å². The summed E-state index contributed by atoms with van der Waals surface area (Å²) in [7, 11) is 3.12. The molecule has 0 saturated carbocycles. The number of anilines is 3. The van der Waals surface area contributed by atoms with E-state index in [0.29, 0.717) is 33.5 Å². The molecule has 0 saturated heterocycles. The van der Waals surface area contributed by atoms with E-state index in [0.717, 1.165) is 11.3 Å². The Hall–Kier alpha value is -3.18. The molecule has 0 aliphatic carbocycles. The van der Waals surface area contributed by atoms with E-state index in [1.165, 1.54) is 0 Å². The molecule has 2 N–H and O–H groups in total. The number of carbonyl (C=O) groups excluding carboxylic acids is 1. The molecule has 0 unspecified atom stereocenters. The van der Waals surface area contributed by atoms with Gasteiger partial charge in [-0.15, -0.1) is 0 Å². The van der Waals surface area contributed by atoms with Crippen LogP contribution in [0.3, 0.4) is 0 Å². The molecule has 5 nitrogen and oxygen atoms in total. The molecular formula is C22H21ClN2O3. The van der Waals surface area contributed by atoms with Crippen molar-refractivity contribution in [2.45, 2.75) is 6.92 Å². The lowest BCUT2D eigenvalue weighted by Gasteiger charge is -2.16. The highest BCUT2D eigenvalue weighted by molar-refractivity contribution is 6.31. The van der Waals surface area contributed by atoms with Crippen molar-refractivity contribution in [3.8, 4) is 11.5 Å². The Balaban J connectivity index is 1.88. The highest BCUT2D eigenvalue weighted by Gasteiger charge is 2.15. The van der Waals surface area contributed by atoms with Gasteiger partial charge in [0.25, 0.3) is 5.91 Å². The van der Waals surface area contributed by atoms with E-state index in [4.69, 9.17) is 21.1 Å². The molecule has 0 fully saturated rings. The second-order valence-electron chi connectivity index (χ2n) is 6.10. The molecular weight excluding hydrogens is 376 g/mol. The summed E-state index contributed by atoms with van der Waals surface area (Å²) in [5, 5.41) is 6.86. The molecule has 0 radical (unpaired) electrons. The van der Waals surface area contributed by atoms with Gasteiger partial charge in [0.15, 0.2) is 0 Å². The zero-order chi connectivity index (χ0) is 20.1. The van der Waals surface area contributed by atoms with E-state index in [-0.39, 0.29) is 5.91 Å². The number of hydrogen-bond donors (Lipinski definition) is 2. The third-order valence-electron chi connectivity index (χ3n) is 4.37. The molecule has 144 valence electrons. The van der Waals surface area contributed by atoms with Gasteiger partial charge >= 0.3 is 0 Å². The quantitative estimate of drug-likeness (QED) is 0.564. The van der Waals surface area contributed by atoms with Crippen molar-refractivity contribution < 1.29 is 14.3 Å². The Morgan fingerprint density at radius 3 is 2.39 bits per heavy atom. The number of carbonyl (C=O) groups is 1. The summed E-state index contributed by atoms with van der Waals surface area (Å²) in [6.07, 6.45) is 0. The fourth-order valence-corrected chi connectivity index (χ4v) is 2.94. The van der Waals surface area contributed by atoms with Gasteiger partial charge in [0.05, 0.1) is 31.2 Å². The Bertz CT molecular complexity index is 1000. The van der Waals surface area contributed by atoms with E-state index in [9.17, 15) is 4.79 Å². The van der Waals surface area contributed by atoms with E-state index in [1.807, 2.05) is 43.3 Å². The lowest BCUT2D eigenvalue weighted by Crippen LogP contribution is -2.14. The van der Waals surface area contributed by atoms with Crippen LogP contribution in [0.25, 0.3) is 0 Å². The summed E-state index contributed by atoms with van der Waals surface area (Å²) >= 11 is 6.20. The summed E-state index contributed by atoms with van der Waals surface area (Å²) < 4.78 is 10.5. The van der Waals surface area contributed by atoms with Crippen LogP contribution in [0.2, 0.25) is 5.02 Å². The molecule has 0 spiro atoms. The van der Waals surface area contributed by atoms with Gasteiger partial charge in [-0.25, -0.2) is 0 Å². The van der Waals surface area contributed by atoms with Crippen LogP contribution in [0.4, 0.5) is 17.1 Å². The predicted molar refractivity (Wildman–Crippen MR) is 113 cm³/mol. The molecule has 0 atom stereocenters. The van der Waals surface area contributed by atoms with Gasteiger partial charge < -0.3 is 20.1 Å². The first-order valence-electron chi connectivity index (χ1n) is 8.68. The number of nitrogens with one attached hydrogen (secondary N) is 2. The minimum Gasteiger partial charge on any atom is -0.497 e. The zero-order valence-corrected chi connectivity index (χ0v) is 16.6. The number of methoxy groups -OCH3 is 2. The third kappa shape index (κ3) is 4.21. The number of rotatable bonds is 6. The van der Waals surface area contributed by atoms with Gasteiger partial charge in [-0.3, -0.25) is 4.79 Å². The summed E-state index contributed by atoms with van der Waals surface area (Å²) in [6, 6.07) is 18.1. The van der Waals surface area contributed by atoms with E-state index >= 15 is 0 Å². The van der Waals surface area contributed by atoms with Crippen molar-refractivity contribution in [3.05, 3.63) is 76.8 Å². The molecule has 28 heavy (non-hydrogen) atoms.